The maximum Gasteiger partial charge on any atom is 0.422 e. The van der Waals surface area contributed by atoms with E-state index in [1.165, 1.54) is 5.69 Å². The second-order valence-electron chi connectivity index (χ2n) is 6.36. The monoisotopic (exact) mass is 335 g/mol. The number of aromatic nitrogens is 2. The van der Waals surface area contributed by atoms with E-state index < -0.39 is 0 Å². The first-order valence-corrected chi connectivity index (χ1v) is 8.65. The van der Waals surface area contributed by atoms with Crippen molar-refractivity contribution in [3.05, 3.63) is 48.5 Å². The molecule has 0 aliphatic carbocycles. The fraction of sp³-hybridized carbons (Fsp3) is 0.316. The molecule has 1 aliphatic heterocycles. The lowest BCUT2D eigenvalue weighted by molar-refractivity contribution is -0.632. The summed E-state index contributed by atoms with van der Waals surface area (Å²) < 4.78 is 4.13. The van der Waals surface area contributed by atoms with E-state index in [4.69, 9.17) is 0 Å². The van der Waals surface area contributed by atoms with Gasteiger partial charge in [0.1, 0.15) is 16.7 Å². The van der Waals surface area contributed by atoms with E-state index in [-0.39, 0.29) is 0 Å². The molecule has 1 fully saturated rings. The molecule has 0 atom stereocenters. The quantitative estimate of drug-likeness (QED) is 0.591. The van der Waals surface area contributed by atoms with Crippen LogP contribution in [0.1, 0.15) is 0 Å². The molecule has 0 bridgehead atoms. The van der Waals surface area contributed by atoms with Crippen LogP contribution in [-0.4, -0.2) is 30.7 Å². The van der Waals surface area contributed by atoms with Gasteiger partial charge in [-0.3, -0.25) is 0 Å². The Morgan fingerprint density at radius 2 is 1.68 bits per heavy atom. The Morgan fingerprint density at radius 1 is 0.960 bits per heavy atom. The van der Waals surface area contributed by atoms with E-state index in [9.17, 15) is 0 Å². The normalized spacial score (nSPS) is 15.4. The molecule has 25 heavy (non-hydrogen) atoms. The van der Waals surface area contributed by atoms with E-state index in [2.05, 4.69) is 53.8 Å². The van der Waals surface area contributed by atoms with Crippen LogP contribution in [0.15, 0.2) is 58.8 Å². The summed E-state index contributed by atoms with van der Waals surface area (Å²) in [6.45, 7) is 4.18. The highest BCUT2D eigenvalue weighted by Gasteiger charge is 2.18. The summed E-state index contributed by atoms with van der Waals surface area (Å²) in [6.07, 6.45) is 0. The molecule has 2 aromatic carbocycles. The minimum absolute atomic E-state index is 0.826. The zero-order valence-corrected chi connectivity index (χ0v) is 14.7. The summed E-state index contributed by atoms with van der Waals surface area (Å²) in [7, 11) is 4.04. The molecule has 1 aliphatic rings. The topological polar surface area (TPSA) is 48.8 Å². The van der Waals surface area contributed by atoms with Crippen LogP contribution in [0.3, 0.4) is 0 Å². The number of nitrogens with zero attached hydrogens (tertiary/aromatic N) is 5. The molecule has 1 N–H and O–H groups in total. The SMILES string of the molecule is Cn1c(N=Nc2ccc(N3CCNCC3)cc2)[n+](C)c2ccccc21. The Bertz CT molecular complexity index is 865. The molecule has 1 saturated heterocycles. The van der Waals surface area contributed by atoms with Gasteiger partial charge in [-0.15, -0.1) is 0 Å². The number of piperazine rings is 1. The van der Waals surface area contributed by atoms with Gasteiger partial charge in [0.05, 0.1) is 14.1 Å². The number of hydrogen-bond acceptors (Lipinski definition) is 4. The second kappa shape index (κ2) is 6.64. The predicted octanol–water partition coefficient (Wildman–Crippen LogP) is 2.83. The van der Waals surface area contributed by atoms with Gasteiger partial charge in [-0.2, -0.15) is 0 Å². The van der Waals surface area contributed by atoms with Gasteiger partial charge in [0.25, 0.3) is 0 Å². The number of rotatable bonds is 3. The fourth-order valence-electron chi connectivity index (χ4n) is 3.36. The third-order valence-corrected chi connectivity index (χ3v) is 4.79. The van der Waals surface area contributed by atoms with Crippen LogP contribution in [0.25, 0.3) is 11.0 Å². The third-order valence-electron chi connectivity index (χ3n) is 4.79. The first kappa shape index (κ1) is 15.8. The summed E-state index contributed by atoms with van der Waals surface area (Å²) in [5, 5.41) is 12.3. The molecule has 3 aromatic rings. The maximum absolute atomic E-state index is 4.48. The van der Waals surface area contributed by atoms with Gasteiger partial charge in [0.15, 0.2) is 0 Å². The Balaban J connectivity index is 1.58. The molecule has 2 heterocycles. The average Bonchev–Trinajstić information content (AvgIpc) is 2.92. The number of azo groups is 1. The van der Waals surface area contributed by atoms with Crippen LogP contribution in [0.5, 0.6) is 0 Å². The maximum atomic E-state index is 4.48. The van der Waals surface area contributed by atoms with Crippen LogP contribution >= 0.6 is 0 Å². The van der Waals surface area contributed by atoms with Gasteiger partial charge in [-0.1, -0.05) is 17.2 Å². The van der Waals surface area contributed by atoms with Crippen LogP contribution in [0.4, 0.5) is 17.3 Å². The van der Waals surface area contributed by atoms with Gasteiger partial charge in [0.2, 0.25) is 0 Å². The first-order valence-electron chi connectivity index (χ1n) is 8.65. The van der Waals surface area contributed by atoms with Crippen molar-refractivity contribution in [2.75, 3.05) is 31.1 Å². The molecule has 1 aromatic heterocycles. The lowest BCUT2D eigenvalue weighted by Gasteiger charge is -2.29. The first-order chi connectivity index (χ1) is 12.2. The van der Waals surface area contributed by atoms with Crippen molar-refractivity contribution in [3.63, 3.8) is 0 Å². The molecule has 4 rings (SSSR count). The second-order valence-corrected chi connectivity index (χ2v) is 6.36. The third kappa shape index (κ3) is 3.00. The van der Waals surface area contributed by atoms with E-state index in [0.29, 0.717) is 0 Å². The number of imidazole rings is 1. The summed E-state index contributed by atoms with van der Waals surface area (Å²) in [5.41, 5.74) is 4.40. The summed E-state index contributed by atoms with van der Waals surface area (Å²) in [4.78, 5) is 2.39. The van der Waals surface area contributed by atoms with Gasteiger partial charge in [-0.25, -0.2) is 9.13 Å². The van der Waals surface area contributed by atoms with Gasteiger partial charge >= 0.3 is 5.95 Å². The van der Waals surface area contributed by atoms with E-state index in [1.807, 2.05) is 38.4 Å². The van der Waals surface area contributed by atoms with E-state index in [1.54, 1.807) is 0 Å². The summed E-state index contributed by atoms with van der Waals surface area (Å²) in [5.74, 6) is 0.826. The summed E-state index contributed by atoms with van der Waals surface area (Å²) >= 11 is 0. The smallest absolute Gasteiger partial charge is 0.369 e. The standard InChI is InChI=1S/C19H23N6/c1-23-17-5-3-4-6-18(17)24(2)19(23)22-21-15-7-9-16(10-8-15)25-13-11-20-12-14-25/h3-10,20H,11-14H2,1-2H3/q+1. The molecule has 0 radical (unpaired) electrons. The van der Waals surface area contributed by atoms with Crippen LogP contribution in [-0.2, 0) is 14.1 Å². The number of para-hydroxylation sites is 2. The largest absolute Gasteiger partial charge is 0.422 e. The zero-order valence-electron chi connectivity index (χ0n) is 14.7. The van der Waals surface area contributed by atoms with Gasteiger partial charge < -0.3 is 10.2 Å². The van der Waals surface area contributed by atoms with Crippen LogP contribution in [0, 0.1) is 0 Å². The molecular formula is C19H23N6+. The minimum Gasteiger partial charge on any atom is -0.369 e. The molecule has 0 amide bonds. The Hall–Kier alpha value is -2.73. The molecule has 6 nitrogen and oxygen atoms in total. The predicted molar refractivity (Wildman–Crippen MR) is 99.8 cm³/mol. The van der Waals surface area contributed by atoms with E-state index in [0.717, 1.165) is 48.8 Å². The van der Waals surface area contributed by atoms with Crippen molar-refractivity contribution in [2.24, 2.45) is 24.3 Å². The highest BCUT2D eigenvalue weighted by atomic mass is 15.3. The van der Waals surface area contributed by atoms with Crippen LogP contribution < -0.4 is 14.8 Å². The number of fused-ring (bicyclic) bond motifs is 1. The Morgan fingerprint density at radius 3 is 2.40 bits per heavy atom. The van der Waals surface area contributed by atoms with Gasteiger partial charge in [-0.05, 0) is 36.4 Å². The number of anilines is 1. The highest BCUT2D eigenvalue weighted by molar-refractivity contribution is 5.73. The Labute approximate surface area is 147 Å². The number of hydrogen-bond donors (Lipinski definition) is 1. The number of benzene rings is 2. The van der Waals surface area contributed by atoms with Crippen molar-refractivity contribution < 1.29 is 4.57 Å². The Kier molecular flexibility index (Phi) is 4.19. The molecule has 0 spiro atoms. The van der Waals surface area contributed by atoms with Crippen molar-refractivity contribution in [1.29, 1.82) is 0 Å². The molecule has 0 unspecified atom stereocenters. The number of aryl methyl sites for hydroxylation is 2. The van der Waals surface area contributed by atoms with Gasteiger partial charge in [0, 0.05) is 37.0 Å². The highest BCUT2D eigenvalue weighted by Crippen LogP contribution is 2.23. The lowest BCUT2D eigenvalue weighted by atomic mass is 10.2. The number of nitrogens with one attached hydrogen (secondary N) is 1. The minimum atomic E-state index is 0.826. The fourth-order valence-corrected chi connectivity index (χ4v) is 3.36. The molecule has 128 valence electrons. The molecule has 6 heteroatoms. The van der Waals surface area contributed by atoms with Crippen molar-refractivity contribution in [2.45, 2.75) is 0 Å². The molecule has 0 saturated carbocycles. The van der Waals surface area contributed by atoms with Crippen molar-refractivity contribution in [1.82, 2.24) is 9.88 Å². The van der Waals surface area contributed by atoms with Crippen molar-refractivity contribution in [3.8, 4) is 0 Å². The average molecular weight is 335 g/mol. The van der Waals surface area contributed by atoms with Crippen LogP contribution in [0.2, 0.25) is 0 Å². The van der Waals surface area contributed by atoms with E-state index >= 15 is 0 Å². The zero-order chi connectivity index (χ0) is 17.2. The van der Waals surface area contributed by atoms with Crippen molar-refractivity contribution >= 4 is 28.4 Å². The summed E-state index contributed by atoms with van der Waals surface area (Å²) in [6, 6.07) is 16.6. The molecular weight excluding hydrogens is 312 g/mol. The lowest BCUT2D eigenvalue weighted by Crippen LogP contribution is -2.43.